The van der Waals surface area contributed by atoms with Crippen LogP contribution in [0.5, 0.6) is 0 Å². The van der Waals surface area contributed by atoms with Gasteiger partial charge in [0.2, 0.25) is 0 Å². The topological polar surface area (TPSA) is 27.6 Å². The van der Waals surface area contributed by atoms with Crippen LogP contribution in [-0.2, 0) is 0 Å². The molecular formula is C15H29N3S. The summed E-state index contributed by atoms with van der Waals surface area (Å²) in [5.74, 6) is 0.809. The number of aliphatic imine (C=N–C) groups is 1. The molecule has 2 heterocycles. The van der Waals surface area contributed by atoms with Crippen molar-refractivity contribution in [1.29, 1.82) is 0 Å². The van der Waals surface area contributed by atoms with Gasteiger partial charge >= 0.3 is 0 Å². The fourth-order valence-corrected chi connectivity index (χ4v) is 4.58. The van der Waals surface area contributed by atoms with Crippen LogP contribution in [0.3, 0.4) is 0 Å². The third kappa shape index (κ3) is 3.66. The van der Waals surface area contributed by atoms with Crippen LogP contribution in [0.25, 0.3) is 0 Å². The molecule has 0 amide bonds. The van der Waals surface area contributed by atoms with Gasteiger partial charge < -0.3 is 0 Å². The molecule has 19 heavy (non-hydrogen) atoms. The van der Waals surface area contributed by atoms with Crippen LogP contribution in [0, 0.1) is 5.92 Å². The van der Waals surface area contributed by atoms with Crippen molar-refractivity contribution in [3.05, 3.63) is 0 Å². The molecule has 0 bridgehead atoms. The van der Waals surface area contributed by atoms with E-state index in [1.807, 2.05) is 11.8 Å². The van der Waals surface area contributed by atoms with E-state index in [1.54, 1.807) is 0 Å². The van der Waals surface area contributed by atoms with Crippen LogP contribution in [0.15, 0.2) is 4.99 Å². The zero-order valence-corrected chi connectivity index (χ0v) is 13.7. The Labute approximate surface area is 122 Å². The summed E-state index contributed by atoms with van der Waals surface area (Å²) in [5, 5.41) is 4.26. The molecule has 0 aliphatic carbocycles. The van der Waals surface area contributed by atoms with Gasteiger partial charge in [0.1, 0.15) is 0 Å². The molecular weight excluding hydrogens is 254 g/mol. The number of nitrogens with one attached hydrogen (secondary N) is 1. The highest BCUT2D eigenvalue weighted by atomic mass is 32.2. The van der Waals surface area contributed by atoms with Crippen molar-refractivity contribution in [2.45, 2.75) is 77.1 Å². The lowest BCUT2D eigenvalue weighted by Gasteiger charge is -2.39. The largest absolute Gasteiger partial charge is 0.297 e. The Morgan fingerprint density at radius 3 is 2.47 bits per heavy atom. The van der Waals surface area contributed by atoms with E-state index in [2.05, 4.69) is 38.1 Å². The third-order valence-electron chi connectivity index (χ3n) is 4.67. The Bertz CT molecular complexity index is 305. The number of hydrogen-bond donors (Lipinski definition) is 1. The first-order valence-corrected chi connectivity index (χ1v) is 8.79. The average molecular weight is 283 g/mol. The predicted molar refractivity (Wildman–Crippen MR) is 85.5 cm³/mol. The maximum atomic E-state index is 4.72. The van der Waals surface area contributed by atoms with Crippen molar-refractivity contribution in [3.8, 4) is 0 Å². The fourth-order valence-electron chi connectivity index (χ4n) is 3.26. The van der Waals surface area contributed by atoms with Crippen LogP contribution in [0.1, 0.15) is 59.8 Å². The monoisotopic (exact) mass is 283 g/mol. The maximum Gasteiger partial charge on any atom is 0.171 e. The summed E-state index contributed by atoms with van der Waals surface area (Å²) in [6.07, 6.45) is 6.49. The number of hydrazine groups is 1. The van der Waals surface area contributed by atoms with E-state index in [4.69, 9.17) is 4.99 Å². The quantitative estimate of drug-likeness (QED) is 0.853. The van der Waals surface area contributed by atoms with Crippen LogP contribution >= 0.6 is 11.8 Å². The molecule has 1 saturated heterocycles. The molecule has 1 fully saturated rings. The van der Waals surface area contributed by atoms with Gasteiger partial charge in [-0.1, -0.05) is 44.9 Å². The first-order chi connectivity index (χ1) is 9.15. The molecule has 0 saturated carbocycles. The van der Waals surface area contributed by atoms with Crippen molar-refractivity contribution >= 4 is 16.9 Å². The van der Waals surface area contributed by atoms with Crippen LogP contribution in [-0.4, -0.2) is 34.1 Å². The highest BCUT2D eigenvalue weighted by Gasteiger charge is 2.30. The molecule has 4 heteroatoms. The van der Waals surface area contributed by atoms with Gasteiger partial charge in [0, 0.05) is 17.3 Å². The minimum absolute atomic E-state index is 0.624. The second kappa shape index (κ2) is 6.98. The molecule has 0 aromatic rings. The normalized spacial score (nSPS) is 32.7. The highest BCUT2D eigenvalue weighted by molar-refractivity contribution is 8.14. The Morgan fingerprint density at radius 2 is 1.89 bits per heavy atom. The van der Waals surface area contributed by atoms with Crippen LogP contribution < -0.4 is 5.43 Å². The van der Waals surface area contributed by atoms with Gasteiger partial charge in [-0.05, 0) is 32.6 Å². The SMILES string of the molecule is CCC(CC)C1CN=C(NN2C(C)CCCC2C)S1. The molecule has 3 unspecified atom stereocenters. The number of thioether (sulfide) groups is 1. The molecule has 110 valence electrons. The molecule has 0 aromatic heterocycles. The predicted octanol–water partition coefficient (Wildman–Crippen LogP) is 3.66. The number of nitrogens with zero attached hydrogens (tertiary/aromatic N) is 2. The number of piperidine rings is 1. The molecule has 1 N–H and O–H groups in total. The van der Waals surface area contributed by atoms with E-state index in [-0.39, 0.29) is 0 Å². The summed E-state index contributed by atoms with van der Waals surface area (Å²) >= 11 is 1.96. The number of amidine groups is 1. The second-order valence-electron chi connectivity index (χ2n) is 6.03. The Morgan fingerprint density at radius 1 is 1.26 bits per heavy atom. The van der Waals surface area contributed by atoms with Gasteiger partial charge in [0.15, 0.2) is 5.17 Å². The molecule has 2 aliphatic rings. The van der Waals surface area contributed by atoms with E-state index in [1.165, 1.54) is 32.1 Å². The fraction of sp³-hybridized carbons (Fsp3) is 0.933. The molecule has 3 atom stereocenters. The molecule has 3 nitrogen and oxygen atoms in total. The summed E-state index contributed by atoms with van der Waals surface area (Å²) in [6, 6.07) is 1.25. The van der Waals surface area contributed by atoms with Gasteiger partial charge in [0.05, 0.1) is 6.54 Å². The Hall–Kier alpha value is -0.220. The third-order valence-corrected chi connectivity index (χ3v) is 5.95. The lowest BCUT2D eigenvalue weighted by atomic mass is 9.99. The molecule has 0 spiro atoms. The van der Waals surface area contributed by atoms with Crippen molar-refractivity contribution < 1.29 is 0 Å². The van der Waals surface area contributed by atoms with E-state index < -0.39 is 0 Å². The molecule has 2 rings (SSSR count). The van der Waals surface area contributed by atoms with Crippen molar-refractivity contribution in [3.63, 3.8) is 0 Å². The highest BCUT2D eigenvalue weighted by Crippen LogP contribution is 2.31. The van der Waals surface area contributed by atoms with Crippen molar-refractivity contribution in [1.82, 2.24) is 10.4 Å². The van der Waals surface area contributed by atoms with Gasteiger partial charge in [-0.25, -0.2) is 5.01 Å². The van der Waals surface area contributed by atoms with Gasteiger partial charge in [-0.3, -0.25) is 10.4 Å². The molecule has 0 aromatic carbocycles. The van der Waals surface area contributed by atoms with Crippen molar-refractivity contribution in [2.24, 2.45) is 10.9 Å². The van der Waals surface area contributed by atoms with Crippen LogP contribution in [0.4, 0.5) is 0 Å². The van der Waals surface area contributed by atoms with Gasteiger partial charge in [0.25, 0.3) is 0 Å². The lowest BCUT2D eigenvalue weighted by Crippen LogP contribution is -2.53. The van der Waals surface area contributed by atoms with E-state index in [0.29, 0.717) is 17.3 Å². The number of hydrogen-bond acceptors (Lipinski definition) is 4. The zero-order valence-electron chi connectivity index (χ0n) is 12.9. The first kappa shape index (κ1) is 15.2. The summed E-state index contributed by atoms with van der Waals surface area (Å²) < 4.78 is 0. The lowest BCUT2D eigenvalue weighted by molar-refractivity contribution is 0.0753. The second-order valence-corrected chi connectivity index (χ2v) is 7.25. The summed E-state index contributed by atoms with van der Waals surface area (Å²) in [6.45, 7) is 10.2. The van der Waals surface area contributed by atoms with E-state index in [0.717, 1.165) is 17.6 Å². The Balaban J connectivity index is 1.87. The molecule has 2 aliphatic heterocycles. The maximum absolute atomic E-state index is 4.72. The smallest absolute Gasteiger partial charge is 0.171 e. The van der Waals surface area contributed by atoms with E-state index >= 15 is 0 Å². The Kier molecular flexibility index (Phi) is 5.58. The summed E-state index contributed by atoms with van der Waals surface area (Å²) in [7, 11) is 0. The average Bonchev–Trinajstić information content (AvgIpc) is 2.84. The minimum Gasteiger partial charge on any atom is -0.297 e. The van der Waals surface area contributed by atoms with Crippen molar-refractivity contribution in [2.75, 3.05) is 6.54 Å². The summed E-state index contributed by atoms with van der Waals surface area (Å²) in [5.41, 5.74) is 3.60. The van der Waals surface area contributed by atoms with Gasteiger partial charge in [-0.2, -0.15) is 0 Å². The van der Waals surface area contributed by atoms with Crippen LogP contribution in [0.2, 0.25) is 0 Å². The number of rotatable bonds is 4. The van der Waals surface area contributed by atoms with Gasteiger partial charge in [-0.15, -0.1) is 0 Å². The first-order valence-electron chi connectivity index (χ1n) is 7.91. The minimum atomic E-state index is 0.624. The standard InChI is InChI=1S/C15H29N3S/c1-5-13(6-2)14-10-16-15(19-14)17-18-11(3)8-7-9-12(18)4/h11-14H,5-10H2,1-4H3,(H,16,17). The molecule has 0 radical (unpaired) electrons. The zero-order chi connectivity index (χ0) is 13.8. The van der Waals surface area contributed by atoms with E-state index in [9.17, 15) is 0 Å². The summed E-state index contributed by atoms with van der Waals surface area (Å²) in [4.78, 5) is 4.72.